The summed E-state index contributed by atoms with van der Waals surface area (Å²) in [4.78, 5) is 12.3. The van der Waals surface area contributed by atoms with Gasteiger partial charge in [-0.05, 0) is 32.3 Å². The van der Waals surface area contributed by atoms with Crippen molar-refractivity contribution in [2.75, 3.05) is 13.2 Å². The summed E-state index contributed by atoms with van der Waals surface area (Å²) in [6.45, 7) is 8.12. The van der Waals surface area contributed by atoms with Crippen LogP contribution >= 0.6 is 7.60 Å². The van der Waals surface area contributed by atoms with Crippen LogP contribution < -0.4 is 0 Å². The van der Waals surface area contributed by atoms with Gasteiger partial charge in [0.15, 0.2) is 0 Å². The number of hydrogen-bond acceptors (Lipinski definition) is 5. The number of allylic oxidation sites excluding steroid dienone is 1. The van der Waals surface area contributed by atoms with Crippen LogP contribution in [0.1, 0.15) is 72.6 Å². The lowest BCUT2D eigenvalue weighted by atomic mass is 9.88. The van der Waals surface area contributed by atoms with Crippen molar-refractivity contribution in [1.29, 1.82) is 0 Å². The molecule has 0 radical (unpaired) electrons. The molecule has 0 saturated carbocycles. The average Bonchev–Trinajstić information content (AvgIpc) is 2.53. The molecule has 1 rings (SSSR count). The second-order valence-electron chi connectivity index (χ2n) is 6.28. The Bertz CT molecular complexity index is 450. The molecule has 0 aromatic carbocycles. The Balaban J connectivity index is 2.62. The third-order valence-electron chi connectivity index (χ3n) is 4.28. The summed E-state index contributed by atoms with van der Waals surface area (Å²) >= 11 is 0. The highest BCUT2D eigenvalue weighted by Crippen LogP contribution is 2.58. The van der Waals surface area contributed by atoms with Crippen molar-refractivity contribution in [2.45, 2.75) is 72.6 Å². The zero-order valence-corrected chi connectivity index (χ0v) is 16.5. The molecule has 0 N–H and O–H groups in total. The van der Waals surface area contributed by atoms with Gasteiger partial charge in [0.05, 0.1) is 19.1 Å². The van der Waals surface area contributed by atoms with E-state index in [9.17, 15) is 9.36 Å². The van der Waals surface area contributed by atoms with Gasteiger partial charge in [0.2, 0.25) is 5.50 Å². The van der Waals surface area contributed by atoms with Crippen molar-refractivity contribution < 1.29 is 23.1 Å². The van der Waals surface area contributed by atoms with E-state index in [2.05, 4.69) is 6.92 Å². The van der Waals surface area contributed by atoms with Crippen LogP contribution in [-0.2, 0) is 23.1 Å². The molecule has 0 fully saturated rings. The Morgan fingerprint density at radius 1 is 1.04 bits per heavy atom. The maximum Gasteiger partial charge on any atom is 0.396 e. The van der Waals surface area contributed by atoms with E-state index in [4.69, 9.17) is 13.8 Å². The van der Waals surface area contributed by atoms with Crippen LogP contribution in [0.2, 0.25) is 0 Å². The molecule has 0 spiro atoms. The number of ether oxygens (including phenoxy) is 1. The Labute approximate surface area is 146 Å². The quantitative estimate of drug-likeness (QED) is 0.255. The molecule has 0 amide bonds. The summed E-state index contributed by atoms with van der Waals surface area (Å²) in [6.07, 6.45) is 9.71. The third kappa shape index (κ3) is 6.34. The van der Waals surface area contributed by atoms with Crippen molar-refractivity contribution in [1.82, 2.24) is 0 Å². The van der Waals surface area contributed by atoms with Gasteiger partial charge in [-0.1, -0.05) is 52.4 Å². The van der Waals surface area contributed by atoms with Crippen LogP contribution in [-0.4, -0.2) is 19.2 Å². The first kappa shape index (κ1) is 21.4. The summed E-state index contributed by atoms with van der Waals surface area (Å²) in [5.41, 5.74) is 0.0582. The monoisotopic (exact) mass is 360 g/mol. The maximum absolute atomic E-state index is 12.7. The lowest BCUT2D eigenvalue weighted by Gasteiger charge is -2.29. The van der Waals surface area contributed by atoms with Gasteiger partial charge < -0.3 is 13.8 Å². The van der Waals surface area contributed by atoms with E-state index < -0.39 is 7.60 Å². The fraction of sp³-hybridized carbons (Fsp3) is 0.833. The van der Waals surface area contributed by atoms with E-state index >= 15 is 0 Å². The Morgan fingerprint density at radius 2 is 1.62 bits per heavy atom. The lowest BCUT2D eigenvalue weighted by Crippen LogP contribution is -2.28. The molecule has 0 aliphatic carbocycles. The maximum atomic E-state index is 12.7. The predicted octanol–water partition coefficient (Wildman–Crippen LogP) is 5.65. The van der Waals surface area contributed by atoms with Crippen LogP contribution in [0.15, 0.2) is 11.6 Å². The fourth-order valence-corrected chi connectivity index (χ4v) is 4.57. The van der Waals surface area contributed by atoms with E-state index in [1.165, 1.54) is 25.7 Å². The van der Waals surface area contributed by atoms with Crippen LogP contribution in [0.25, 0.3) is 0 Å². The number of hydrogen-bond donors (Lipinski definition) is 0. The van der Waals surface area contributed by atoms with Crippen LogP contribution in [0.3, 0.4) is 0 Å². The highest BCUT2D eigenvalue weighted by Gasteiger charge is 2.40. The SMILES string of the molecule is CCCCCCCC[C@H]1C(=O)OC(P(=O)(OCC)OCC)=C[C@@H]1C. The number of carbonyl (C=O) groups excluding carboxylic acids is 1. The summed E-state index contributed by atoms with van der Waals surface area (Å²) in [7, 11) is -3.52. The number of rotatable bonds is 12. The van der Waals surface area contributed by atoms with Crippen LogP contribution in [0.5, 0.6) is 0 Å². The minimum Gasteiger partial charge on any atom is -0.418 e. The Kier molecular flexibility index (Phi) is 9.87. The molecular weight excluding hydrogens is 327 g/mol. The molecule has 0 aromatic heterocycles. The Morgan fingerprint density at radius 3 is 2.17 bits per heavy atom. The molecule has 0 aromatic rings. The normalized spacial score (nSPS) is 21.5. The minimum absolute atomic E-state index is 0.0221. The molecule has 2 atom stereocenters. The summed E-state index contributed by atoms with van der Waals surface area (Å²) in [6, 6.07) is 0. The predicted molar refractivity (Wildman–Crippen MR) is 95.7 cm³/mol. The average molecular weight is 360 g/mol. The zero-order chi connectivity index (χ0) is 18.0. The molecule has 1 aliphatic rings. The van der Waals surface area contributed by atoms with Gasteiger partial charge in [0.1, 0.15) is 0 Å². The van der Waals surface area contributed by atoms with Gasteiger partial charge in [0, 0.05) is 0 Å². The number of esters is 1. The van der Waals surface area contributed by atoms with Gasteiger partial charge in [0.25, 0.3) is 0 Å². The smallest absolute Gasteiger partial charge is 0.396 e. The van der Waals surface area contributed by atoms with Gasteiger partial charge in [-0.2, -0.15) is 0 Å². The summed E-state index contributed by atoms with van der Waals surface area (Å²) in [5.74, 6) is -0.504. The van der Waals surface area contributed by atoms with Crippen molar-refractivity contribution >= 4 is 13.6 Å². The number of carbonyl (C=O) groups is 1. The molecule has 0 bridgehead atoms. The molecule has 24 heavy (non-hydrogen) atoms. The third-order valence-corrected chi connectivity index (χ3v) is 6.26. The topological polar surface area (TPSA) is 61.8 Å². The molecule has 1 aliphatic heterocycles. The molecule has 140 valence electrons. The highest BCUT2D eigenvalue weighted by molar-refractivity contribution is 7.58. The van der Waals surface area contributed by atoms with E-state index in [1.807, 2.05) is 6.92 Å². The second-order valence-corrected chi connectivity index (χ2v) is 8.23. The fourth-order valence-electron chi connectivity index (χ4n) is 2.95. The van der Waals surface area contributed by atoms with Crippen molar-refractivity contribution in [2.24, 2.45) is 11.8 Å². The summed E-state index contributed by atoms with van der Waals surface area (Å²) in [5, 5.41) is 0. The lowest BCUT2D eigenvalue weighted by molar-refractivity contribution is -0.146. The van der Waals surface area contributed by atoms with Crippen LogP contribution in [0.4, 0.5) is 0 Å². The van der Waals surface area contributed by atoms with Gasteiger partial charge in [-0.3, -0.25) is 9.36 Å². The summed E-state index contributed by atoms with van der Waals surface area (Å²) < 4.78 is 28.6. The van der Waals surface area contributed by atoms with Crippen LogP contribution in [0, 0.1) is 11.8 Å². The van der Waals surface area contributed by atoms with E-state index in [1.54, 1.807) is 19.9 Å². The molecule has 6 heteroatoms. The van der Waals surface area contributed by atoms with E-state index in [-0.39, 0.29) is 36.5 Å². The van der Waals surface area contributed by atoms with E-state index in [0.717, 1.165) is 19.3 Å². The Hall–Kier alpha value is -0.640. The second kappa shape index (κ2) is 11.1. The molecule has 0 unspecified atom stereocenters. The number of unbranched alkanes of at least 4 members (excludes halogenated alkanes) is 5. The first-order chi connectivity index (χ1) is 11.5. The minimum atomic E-state index is -3.52. The zero-order valence-electron chi connectivity index (χ0n) is 15.6. The van der Waals surface area contributed by atoms with Crippen molar-refractivity contribution in [3.8, 4) is 0 Å². The first-order valence-corrected chi connectivity index (χ1v) is 10.9. The molecular formula is C18H33O5P. The van der Waals surface area contributed by atoms with Gasteiger partial charge >= 0.3 is 13.6 Å². The first-order valence-electron chi connectivity index (χ1n) is 9.31. The standard InChI is InChI=1S/C18H33O5P/c1-5-8-9-10-11-12-13-16-15(4)14-17(23-18(16)19)24(20,21-6-2)22-7-3/h14-16H,5-13H2,1-4H3/t15-,16+/m0/s1. The molecule has 1 heterocycles. The highest BCUT2D eigenvalue weighted by atomic mass is 31.2. The number of cyclic esters (lactones) is 1. The molecule has 0 saturated heterocycles. The molecule has 5 nitrogen and oxygen atoms in total. The largest absolute Gasteiger partial charge is 0.418 e. The van der Waals surface area contributed by atoms with Gasteiger partial charge in [-0.15, -0.1) is 0 Å². The van der Waals surface area contributed by atoms with Gasteiger partial charge in [-0.25, -0.2) is 0 Å². The van der Waals surface area contributed by atoms with E-state index in [0.29, 0.717) is 0 Å². The van der Waals surface area contributed by atoms with Crippen molar-refractivity contribution in [3.63, 3.8) is 0 Å². The van der Waals surface area contributed by atoms with Crippen molar-refractivity contribution in [3.05, 3.63) is 11.6 Å².